The molecule has 25 heavy (non-hydrogen) atoms. The van der Waals surface area contributed by atoms with Crippen LogP contribution in [0.3, 0.4) is 0 Å². The van der Waals surface area contributed by atoms with Crippen LogP contribution in [0.25, 0.3) is 0 Å². The number of carbonyl (C=O) groups excluding carboxylic acids is 1. The van der Waals surface area contributed by atoms with Crippen LogP contribution in [0.5, 0.6) is 0 Å². The molecule has 0 aromatic heterocycles. The second kappa shape index (κ2) is 8.95. The minimum atomic E-state index is -1.26. The first kappa shape index (κ1) is 19.4. The summed E-state index contributed by atoms with van der Waals surface area (Å²) in [5, 5.41) is 5.39. The molecule has 0 aromatic carbocycles. The number of hydrazone groups is 1. The highest BCUT2D eigenvalue weighted by atomic mass is 32.2. The molecular formula is C15H21F2N5O2S. The van der Waals surface area contributed by atoms with Gasteiger partial charge in [0.25, 0.3) is 5.91 Å². The molecule has 0 aromatic rings. The molecule has 0 bridgehead atoms. The van der Waals surface area contributed by atoms with E-state index in [1.807, 2.05) is 0 Å². The standard InChI is InChI=1S/C15H21F2N5O2S/c1-24-8-12(23)22-13(3-2-6-20-15(18)19)25-14(21-22)10-7-9(16)4-5-11(10)17/h5,7,9,13H,2-4,6,8H2,1H3,(H4,18,19,20). The third-order valence-electron chi connectivity index (χ3n) is 3.50. The molecule has 2 aliphatic rings. The lowest BCUT2D eigenvalue weighted by Gasteiger charge is -2.20. The van der Waals surface area contributed by atoms with E-state index in [1.54, 1.807) is 0 Å². The van der Waals surface area contributed by atoms with Gasteiger partial charge in [-0.2, -0.15) is 5.10 Å². The number of amides is 1. The summed E-state index contributed by atoms with van der Waals surface area (Å²) in [6.07, 6.45) is 2.28. The number of aliphatic imine (C=N–C) groups is 1. The van der Waals surface area contributed by atoms with E-state index in [4.69, 9.17) is 16.2 Å². The summed E-state index contributed by atoms with van der Waals surface area (Å²) in [7, 11) is 1.40. The Balaban J connectivity index is 2.11. The van der Waals surface area contributed by atoms with Crippen LogP contribution in [0.15, 0.2) is 33.6 Å². The number of allylic oxidation sites excluding steroid dienone is 3. The molecule has 2 rings (SSSR count). The second-order valence-electron chi connectivity index (χ2n) is 5.48. The van der Waals surface area contributed by atoms with Crippen molar-refractivity contribution in [3.05, 3.63) is 23.6 Å². The van der Waals surface area contributed by atoms with Gasteiger partial charge in [-0.15, -0.1) is 0 Å². The van der Waals surface area contributed by atoms with Crippen molar-refractivity contribution in [2.75, 3.05) is 20.3 Å². The van der Waals surface area contributed by atoms with Crippen LogP contribution in [-0.2, 0) is 9.53 Å². The molecule has 0 saturated heterocycles. The van der Waals surface area contributed by atoms with Crippen molar-refractivity contribution in [3.63, 3.8) is 0 Å². The maximum Gasteiger partial charge on any atom is 0.269 e. The van der Waals surface area contributed by atoms with Crippen molar-refractivity contribution in [2.45, 2.75) is 30.8 Å². The second-order valence-corrected chi connectivity index (χ2v) is 6.65. The first-order valence-electron chi connectivity index (χ1n) is 7.76. The van der Waals surface area contributed by atoms with Gasteiger partial charge in [0.1, 0.15) is 29.0 Å². The van der Waals surface area contributed by atoms with E-state index in [2.05, 4.69) is 10.1 Å². The van der Waals surface area contributed by atoms with Crippen molar-refractivity contribution in [1.82, 2.24) is 5.01 Å². The zero-order valence-corrected chi connectivity index (χ0v) is 14.6. The van der Waals surface area contributed by atoms with E-state index in [0.717, 1.165) is 0 Å². The third-order valence-corrected chi connectivity index (χ3v) is 4.74. The van der Waals surface area contributed by atoms with Gasteiger partial charge in [0, 0.05) is 25.6 Å². The Kier molecular flexibility index (Phi) is 6.94. The Morgan fingerprint density at radius 2 is 2.32 bits per heavy atom. The number of carbonyl (C=O) groups is 1. The van der Waals surface area contributed by atoms with Crippen LogP contribution in [-0.4, -0.2) is 53.7 Å². The highest BCUT2D eigenvalue weighted by molar-refractivity contribution is 8.15. The molecule has 2 atom stereocenters. The Morgan fingerprint density at radius 1 is 1.56 bits per heavy atom. The molecular weight excluding hydrogens is 352 g/mol. The number of alkyl halides is 1. The van der Waals surface area contributed by atoms with Gasteiger partial charge < -0.3 is 16.2 Å². The quantitative estimate of drug-likeness (QED) is 0.399. The number of rotatable bonds is 7. The molecule has 1 amide bonds. The van der Waals surface area contributed by atoms with Crippen LogP contribution in [0.2, 0.25) is 0 Å². The summed E-state index contributed by atoms with van der Waals surface area (Å²) in [5.41, 5.74) is 10.6. The Bertz CT molecular complexity index is 631. The Hall–Kier alpha value is -1.94. The normalized spacial score (nSPS) is 23.0. The molecule has 4 N–H and O–H groups in total. The highest BCUT2D eigenvalue weighted by Gasteiger charge is 2.34. The molecule has 10 heteroatoms. The van der Waals surface area contributed by atoms with Crippen molar-refractivity contribution < 1.29 is 18.3 Å². The lowest BCUT2D eigenvalue weighted by atomic mass is 10.1. The average molecular weight is 373 g/mol. The van der Waals surface area contributed by atoms with Gasteiger partial charge in [0.2, 0.25) is 0 Å². The lowest BCUT2D eigenvalue weighted by Crippen LogP contribution is -2.33. The number of methoxy groups -OCH3 is 1. The van der Waals surface area contributed by atoms with E-state index in [9.17, 15) is 13.6 Å². The van der Waals surface area contributed by atoms with E-state index < -0.39 is 12.0 Å². The van der Waals surface area contributed by atoms with Crippen molar-refractivity contribution in [1.29, 1.82) is 0 Å². The number of hydrogen-bond donors (Lipinski definition) is 2. The molecule has 0 fully saturated rings. The van der Waals surface area contributed by atoms with Crippen LogP contribution in [0.1, 0.15) is 19.3 Å². The highest BCUT2D eigenvalue weighted by Crippen LogP contribution is 2.36. The zero-order valence-electron chi connectivity index (χ0n) is 13.8. The van der Waals surface area contributed by atoms with Gasteiger partial charge in [0.15, 0.2) is 5.96 Å². The number of guanidine groups is 1. The monoisotopic (exact) mass is 373 g/mol. The number of nitrogens with zero attached hydrogens (tertiary/aromatic N) is 3. The predicted molar refractivity (Wildman–Crippen MR) is 94.2 cm³/mol. The topological polar surface area (TPSA) is 106 Å². The van der Waals surface area contributed by atoms with Gasteiger partial charge in [-0.25, -0.2) is 13.8 Å². The van der Waals surface area contributed by atoms with Gasteiger partial charge in [-0.3, -0.25) is 9.79 Å². The first-order valence-corrected chi connectivity index (χ1v) is 8.64. The number of hydrogen-bond acceptors (Lipinski definition) is 5. The molecule has 1 aliphatic carbocycles. The summed E-state index contributed by atoms with van der Waals surface area (Å²) in [6, 6.07) is 0. The van der Waals surface area contributed by atoms with Crippen LogP contribution < -0.4 is 11.5 Å². The number of ether oxygens (including phenoxy) is 1. The minimum absolute atomic E-state index is 0.00153. The van der Waals surface area contributed by atoms with Gasteiger partial charge in [-0.05, 0) is 25.0 Å². The smallest absolute Gasteiger partial charge is 0.269 e. The molecule has 1 aliphatic heterocycles. The molecule has 1 heterocycles. The number of halogens is 2. The first-order chi connectivity index (χ1) is 11.9. The van der Waals surface area contributed by atoms with Crippen LogP contribution >= 0.6 is 11.8 Å². The summed E-state index contributed by atoms with van der Waals surface area (Å²) >= 11 is 1.22. The summed E-state index contributed by atoms with van der Waals surface area (Å²) in [4.78, 5) is 16.1. The minimum Gasteiger partial charge on any atom is -0.375 e. The summed E-state index contributed by atoms with van der Waals surface area (Å²) in [6.45, 7) is 0.259. The Morgan fingerprint density at radius 3 is 3.00 bits per heavy atom. The number of thioether (sulfide) groups is 1. The molecule has 2 unspecified atom stereocenters. The van der Waals surface area contributed by atoms with Gasteiger partial charge >= 0.3 is 0 Å². The fourth-order valence-corrected chi connectivity index (χ4v) is 3.61. The fraction of sp³-hybridized carbons (Fsp3) is 0.533. The van der Waals surface area contributed by atoms with Crippen LogP contribution in [0, 0.1) is 0 Å². The fourth-order valence-electron chi connectivity index (χ4n) is 2.37. The average Bonchev–Trinajstić information content (AvgIpc) is 2.98. The predicted octanol–water partition coefficient (Wildman–Crippen LogP) is 1.42. The molecule has 7 nitrogen and oxygen atoms in total. The van der Waals surface area contributed by atoms with Crippen molar-refractivity contribution >= 4 is 28.7 Å². The SMILES string of the molecule is COCC(=O)N1N=C(C2=CC(F)CC=C2F)SC1CCCN=C(N)N. The van der Waals surface area contributed by atoms with Gasteiger partial charge in [-0.1, -0.05) is 11.8 Å². The van der Waals surface area contributed by atoms with Crippen molar-refractivity contribution in [3.8, 4) is 0 Å². The maximum absolute atomic E-state index is 14.0. The summed E-state index contributed by atoms with van der Waals surface area (Å²) in [5.74, 6) is -0.883. The van der Waals surface area contributed by atoms with E-state index in [1.165, 1.54) is 36.0 Å². The van der Waals surface area contributed by atoms with E-state index in [0.29, 0.717) is 19.4 Å². The Labute approximate surface area is 148 Å². The van der Waals surface area contributed by atoms with Gasteiger partial charge in [0.05, 0.1) is 0 Å². The molecule has 0 radical (unpaired) electrons. The molecule has 0 spiro atoms. The third kappa shape index (κ3) is 5.27. The molecule has 0 saturated carbocycles. The van der Waals surface area contributed by atoms with E-state index >= 15 is 0 Å². The number of nitrogens with two attached hydrogens (primary N) is 2. The van der Waals surface area contributed by atoms with Crippen molar-refractivity contribution in [2.24, 2.45) is 21.6 Å². The maximum atomic E-state index is 14.0. The molecule has 138 valence electrons. The van der Waals surface area contributed by atoms with Crippen LogP contribution in [0.4, 0.5) is 8.78 Å². The van der Waals surface area contributed by atoms with E-state index in [-0.39, 0.29) is 40.9 Å². The largest absolute Gasteiger partial charge is 0.375 e. The summed E-state index contributed by atoms with van der Waals surface area (Å²) < 4.78 is 32.5. The zero-order chi connectivity index (χ0) is 18.4. The lowest BCUT2D eigenvalue weighted by molar-refractivity contribution is -0.135.